The second-order valence-corrected chi connectivity index (χ2v) is 2.66. The highest BCUT2D eigenvalue weighted by Crippen LogP contribution is 2.29. The van der Waals surface area contributed by atoms with Gasteiger partial charge in [-0.1, -0.05) is 12.1 Å². The predicted octanol–water partition coefficient (Wildman–Crippen LogP) is 2.60. The van der Waals surface area contributed by atoms with Crippen molar-refractivity contribution in [2.75, 3.05) is 0 Å². The first-order chi connectivity index (χ1) is 4.34. The lowest BCUT2D eigenvalue weighted by atomic mass is 10.3. The summed E-state index contributed by atoms with van der Waals surface area (Å²) in [5.74, 6) is 0.262. The van der Waals surface area contributed by atoms with Gasteiger partial charge in [-0.3, -0.25) is 0 Å². The molecule has 0 aliphatic carbocycles. The van der Waals surface area contributed by atoms with Crippen molar-refractivity contribution in [1.82, 2.24) is 0 Å². The zero-order chi connectivity index (χ0) is 6.69. The Hall–Kier alpha value is -0.280. The molecule has 1 radical (unpaired) electrons. The minimum Gasteiger partial charge on any atom is -0.507 e. The number of rotatable bonds is 1. The van der Waals surface area contributed by atoms with Crippen LogP contribution in [-0.2, 0) is 0 Å². The maximum atomic E-state index is 9.02. The van der Waals surface area contributed by atoms with E-state index in [9.17, 15) is 0 Å². The van der Waals surface area contributed by atoms with Gasteiger partial charge >= 0.3 is 0 Å². The molecule has 0 fully saturated rings. The van der Waals surface area contributed by atoms with E-state index in [2.05, 4.69) is 11.7 Å². The Morgan fingerprint density at radius 3 is 2.44 bits per heavy atom. The molecule has 0 bridgehead atoms. The molecule has 0 aliphatic rings. The molecule has 1 aromatic carbocycles. The summed E-state index contributed by atoms with van der Waals surface area (Å²) in [5.41, 5.74) is 0. The van der Waals surface area contributed by atoms with Crippen LogP contribution in [-0.4, -0.2) is 5.11 Å². The van der Waals surface area contributed by atoms with Gasteiger partial charge in [0.2, 0.25) is 0 Å². The van der Waals surface area contributed by atoms with E-state index in [1.165, 1.54) is 0 Å². The Labute approximate surface area is 62.9 Å². The zero-order valence-corrected chi connectivity index (χ0v) is 6.21. The van der Waals surface area contributed by atoms with Crippen LogP contribution in [0.5, 0.6) is 5.75 Å². The molecule has 0 atom stereocenters. The number of phenolic OH excluding ortho intramolecular Hbond substituents is 1. The van der Waals surface area contributed by atoms with Crippen LogP contribution in [0.2, 0.25) is 0 Å². The number of hydrogen-bond donors (Lipinski definition) is 1. The van der Waals surface area contributed by atoms with Crippen molar-refractivity contribution in [3.63, 3.8) is 0 Å². The molecule has 0 saturated carbocycles. The van der Waals surface area contributed by atoms with Crippen molar-refractivity contribution in [3.05, 3.63) is 24.3 Å². The summed E-state index contributed by atoms with van der Waals surface area (Å²) < 4.78 is 0. The van der Waals surface area contributed by atoms with E-state index in [-0.39, 0.29) is 5.75 Å². The van der Waals surface area contributed by atoms with E-state index >= 15 is 0 Å². The minimum absolute atomic E-state index is 0.262. The number of hydrogen-bond acceptors (Lipinski definition) is 2. The van der Waals surface area contributed by atoms with Crippen molar-refractivity contribution >= 4 is 22.5 Å². The SMILES string of the molecule is Oc1ccccc1S[S]. The third-order valence-electron chi connectivity index (χ3n) is 0.955. The molecular formula is C6H5OS2. The van der Waals surface area contributed by atoms with Crippen LogP contribution in [0, 0.1) is 0 Å². The van der Waals surface area contributed by atoms with E-state index in [4.69, 9.17) is 5.11 Å². The molecule has 0 unspecified atom stereocenters. The van der Waals surface area contributed by atoms with E-state index in [1.54, 1.807) is 18.2 Å². The van der Waals surface area contributed by atoms with Gasteiger partial charge in [-0.2, -0.15) is 0 Å². The van der Waals surface area contributed by atoms with Gasteiger partial charge in [-0.15, -0.1) is 0 Å². The molecule has 9 heavy (non-hydrogen) atoms. The number of phenols is 1. The standard InChI is InChI=1S/C6H5OS2/c7-5-3-1-2-4-6(5)9-8/h1-4,7H. The average molecular weight is 157 g/mol. The van der Waals surface area contributed by atoms with Crippen molar-refractivity contribution in [1.29, 1.82) is 0 Å². The van der Waals surface area contributed by atoms with E-state index in [1.807, 2.05) is 6.07 Å². The van der Waals surface area contributed by atoms with E-state index < -0.39 is 0 Å². The molecule has 47 valence electrons. The van der Waals surface area contributed by atoms with Gasteiger partial charge in [0.25, 0.3) is 0 Å². The number of benzene rings is 1. The molecule has 3 heteroatoms. The molecule has 1 rings (SSSR count). The Morgan fingerprint density at radius 1 is 1.33 bits per heavy atom. The highest BCUT2D eigenvalue weighted by molar-refractivity contribution is 8.68. The normalized spacial score (nSPS) is 9.44. The maximum Gasteiger partial charge on any atom is 0.130 e. The van der Waals surface area contributed by atoms with Crippen molar-refractivity contribution in [2.24, 2.45) is 0 Å². The molecule has 1 aromatic rings. The van der Waals surface area contributed by atoms with Crippen LogP contribution in [0.4, 0.5) is 0 Å². The largest absolute Gasteiger partial charge is 0.507 e. The molecule has 1 N–H and O–H groups in total. The second-order valence-electron chi connectivity index (χ2n) is 1.55. The lowest BCUT2D eigenvalue weighted by Crippen LogP contribution is -1.66. The lowest BCUT2D eigenvalue weighted by molar-refractivity contribution is 0.462. The number of aromatic hydroxyl groups is 1. The van der Waals surface area contributed by atoms with Gasteiger partial charge in [-0.25, -0.2) is 0 Å². The van der Waals surface area contributed by atoms with Gasteiger partial charge in [-0.05, 0) is 34.6 Å². The summed E-state index contributed by atoms with van der Waals surface area (Å²) in [6.07, 6.45) is 0. The highest BCUT2D eigenvalue weighted by atomic mass is 33.1. The zero-order valence-electron chi connectivity index (χ0n) is 4.57. The first-order valence-corrected chi connectivity index (χ1v) is 4.16. The Balaban J connectivity index is 3.01. The molecule has 0 aliphatic heterocycles. The topological polar surface area (TPSA) is 20.2 Å². The van der Waals surface area contributed by atoms with Gasteiger partial charge in [0.15, 0.2) is 0 Å². The van der Waals surface area contributed by atoms with Crippen LogP contribution in [0.3, 0.4) is 0 Å². The summed E-state index contributed by atoms with van der Waals surface area (Å²) in [6, 6.07) is 7.01. The summed E-state index contributed by atoms with van der Waals surface area (Å²) in [7, 11) is 1.13. The molecule has 0 heterocycles. The fourth-order valence-electron chi connectivity index (χ4n) is 0.528. The van der Waals surface area contributed by atoms with Gasteiger partial charge in [0, 0.05) is 0 Å². The van der Waals surface area contributed by atoms with Gasteiger partial charge < -0.3 is 5.11 Å². The minimum atomic E-state index is 0.262. The molecule has 0 saturated heterocycles. The van der Waals surface area contributed by atoms with Crippen LogP contribution in [0.1, 0.15) is 0 Å². The highest BCUT2D eigenvalue weighted by Gasteiger charge is 1.94. The monoisotopic (exact) mass is 157 g/mol. The Morgan fingerprint density at radius 2 is 2.00 bits per heavy atom. The number of para-hydroxylation sites is 1. The summed E-state index contributed by atoms with van der Waals surface area (Å²) in [5, 5.41) is 9.02. The first-order valence-electron chi connectivity index (χ1n) is 2.42. The quantitative estimate of drug-likeness (QED) is 0.632. The predicted molar refractivity (Wildman–Crippen MR) is 41.6 cm³/mol. The summed E-state index contributed by atoms with van der Waals surface area (Å²) in [4.78, 5) is 0.743. The van der Waals surface area contributed by atoms with E-state index in [0.717, 1.165) is 15.7 Å². The Bertz CT molecular complexity index is 200. The van der Waals surface area contributed by atoms with Crippen LogP contribution in [0.25, 0.3) is 0 Å². The fourth-order valence-corrected chi connectivity index (χ4v) is 1.24. The fraction of sp³-hybridized carbons (Fsp3) is 0. The molecular weight excluding hydrogens is 152 g/mol. The summed E-state index contributed by atoms with van der Waals surface area (Å²) >= 11 is 4.66. The average Bonchev–Trinajstić information content (AvgIpc) is 1.89. The third kappa shape index (κ3) is 1.56. The molecule has 1 nitrogen and oxygen atoms in total. The maximum absolute atomic E-state index is 9.02. The smallest absolute Gasteiger partial charge is 0.130 e. The van der Waals surface area contributed by atoms with Crippen LogP contribution < -0.4 is 0 Å². The Kier molecular flexibility index (Phi) is 2.30. The molecule has 0 spiro atoms. The lowest BCUT2D eigenvalue weighted by Gasteiger charge is -1.95. The van der Waals surface area contributed by atoms with Crippen molar-refractivity contribution in [2.45, 2.75) is 4.90 Å². The first kappa shape index (κ1) is 6.83. The van der Waals surface area contributed by atoms with Crippen molar-refractivity contribution in [3.8, 4) is 5.75 Å². The van der Waals surface area contributed by atoms with E-state index in [0.29, 0.717) is 0 Å². The van der Waals surface area contributed by atoms with Gasteiger partial charge in [0.05, 0.1) is 4.90 Å². The van der Waals surface area contributed by atoms with Gasteiger partial charge in [0.1, 0.15) is 5.75 Å². The second kappa shape index (κ2) is 3.03. The molecule has 0 amide bonds. The summed E-state index contributed by atoms with van der Waals surface area (Å²) in [6.45, 7) is 0. The molecule has 0 aromatic heterocycles. The van der Waals surface area contributed by atoms with Crippen LogP contribution in [0.15, 0.2) is 29.2 Å². The van der Waals surface area contributed by atoms with Crippen molar-refractivity contribution < 1.29 is 5.11 Å². The van der Waals surface area contributed by atoms with Crippen LogP contribution >= 0.6 is 22.5 Å². The third-order valence-corrected chi connectivity index (χ3v) is 2.02.